The van der Waals surface area contributed by atoms with Gasteiger partial charge in [-0.3, -0.25) is 0 Å². The number of benzene rings is 3. The van der Waals surface area contributed by atoms with Gasteiger partial charge in [0.1, 0.15) is 28.0 Å². The van der Waals surface area contributed by atoms with E-state index in [0.29, 0.717) is 42.9 Å². The molecule has 0 unspecified atom stereocenters. The van der Waals surface area contributed by atoms with Crippen molar-refractivity contribution in [3.63, 3.8) is 0 Å². The van der Waals surface area contributed by atoms with Crippen molar-refractivity contribution in [3.05, 3.63) is 101 Å². The zero-order valence-electron chi connectivity index (χ0n) is 27.5. The molecule has 288 valence electrons. The Morgan fingerprint density at radius 1 is 0.868 bits per heavy atom. The van der Waals surface area contributed by atoms with Crippen LogP contribution in [-0.4, -0.2) is 68.6 Å². The number of carbonyl (C=O) groups is 1. The lowest BCUT2D eigenvalue weighted by Gasteiger charge is -2.38. The van der Waals surface area contributed by atoms with Crippen molar-refractivity contribution < 1.29 is 57.5 Å². The Kier molecular flexibility index (Phi) is 11.0. The number of nitrogens with one attached hydrogen (secondary N) is 1. The first-order chi connectivity index (χ1) is 24.8. The summed E-state index contributed by atoms with van der Waals surface area (Å²) >= 11 is 0. The quantitative estimate of drug-likeness (QED) is 0.0677. The first kappa shape index (κ1) is 39.6. The van der Waals surface area contributed by atoms with Crippen LogP contribution in [0.15, 0.2) is 76.7 Å². The molecule has 2 aliphatic rings. The second kappa shape index (κ2) is 14.7. The highest BCUT2D eigenvalue weighted by atomic mass is 32.2. The minimum atomic E-state index is -6.24. The molecule has 53 heavy (non-hydrogen) atoms. The molecule has 5 N–H and O–H groups in total. The van der Waals surface area contributed by atoms with Crippen LogP contribution in [0.5, 0.6) is 0 Å². The van der Waals surface area contributed by atoms with Crippen LogP contribution in [0.25, 0.3) is 0 Å². The SMILES string of the molecule is N/N=C(\NN)C1CCN(C(=O)N2CC[C@](c3ccc(C(OCc4c(F)cccc4F)(C(F)(F)F)C(F)(F)F)cc3)(S(=O)(=O)c3ccc(F)cc3)C2)CC1. The molecule has 0 aromatic heterocycles. The number of carbonyl (C=O) groups excluding carboxylic acids is 1. The molecule has 0 aliphatic carbocycles. The smallest absolute Gasteiger partial charge is 0.349 e. The van der Waals surface area contributed by atoms with E-state index in [2.05, 4.69) is 15.3 Å². The van der Waals surface area contributed by atoms with Gasteiger partial charge >= 0.3 is 18.4 Å². The summed E-state index contributed by atoms with van der Waals surface area (Å²) in [6.07, 6.45) is -12.0. The van der Waals surface area contributed by atoms with Crippen LogP contribution in [0, 0.1) is 23.4 Å². The number of hydrazone groups is 1. The monoisotopic (exact) mass is 780 g/mol. The average Bonchev–Trinajstić information content (AvgIpc) is 3.57. The second-order valence-electron chi connectivity index (χ2n) is 12.6. The van der Waals surface area contributed by atoms with Gasteiger partial charge in [-0.05, 0) is 61.2 Å². The largest absolute Gasteiger partial charge is 0.430 e. The van der Waals surface area contributed by atoms with Crippen LogP contribution in [0.1, 0.15) is 36.0 Å². The Bertz CT molecular complexity index is 1900. The number of rotatable bonds is 8. The van der Waals surface area contributed by atoms with Crippen molar-refractivity contribution in [2.24, 2.45) is 22.7 Å². The summed E-state index contributed by atoms with van der Waals surface area (Å²) in [5, 5.41) is 3.58. The summed E-state index contributed by atoms with van der Waals surface area (Å²) in [6, 6.07) is 7.37. The summed E-state index contributed by atoms with van der Waals surface area (Å²) in [4.78, 5) is 15.9. The minimum Gasteiger partial charge on any atom is -0.349 e. The van der Waals surface area contributed by atoms with Gasteiger partial charge in [-0.2, -0.15) is 31.4 Å². The lowest BCUT2D eigenvalue weighted by molar-refractivity contribution is -0.392. The molecule has 2 amide bonds. The van der Waals surface area contributed by atoms with Gasteiger partial charge in [-0.15, -0.1) is 0 Å². The fourth-order valence-corrected chi connectivity index (χ4v) is 8.87. The van der Waals surface area contributed by atoms with Gasteiger partial charge in [0.15, 0.2) is 9.84 Å². The van der Waals surface area contributed by atoms with E-state index in [1.165, 1.54) is 9.80 Å². The van der Waals surface area contributed by atoms with Gasteiger partial charge in [0.25, 0.3) is 5.60 Å². The predicted molar refractivity (Wildman–Crippen MR) is 171 cm³/mol. The second-order valence-corrected chi connectivity index (χ2v) is 14.8. The number of hydrazine groups is 1. The third-order valence-corrected chi connectivity index (χ3v) is 12.2. The molecular formula is C33H33F9N6O4S. The summed E-state index contributed by atoms with van der Waals surface area (Å²) in [5.74, 6) is 7.24. The number of nitrogens with two attached hydrogens (primary N) is 2. The molecule has 10 nitrogen and oxygen atoms in total. The van der Waals surface area contributed by atoms with E-state index in [1.807, 2.05) is 0 Å². The topological polar surface area (TPSA) is 143 Å². The number of amides is 2. The van der Waals surface area contributed by atoms with Crippen LogP contribution >= 0.6 is 0 Å². The predicted octanol–water partition coefficient (Wildman–Crippen LogP) is 5.58. The number of hydrogen-bond acceptors (Lipinski definition) is 7. The van der Waals surface area contributed by atoms with Crippen molar-refractivity contribution in [2.45, 2.75) is 53.5 Å². The molecule has 3 aromatic rings. The van der Waals surface area contributed by atoms with Crippen molar-refractivity contribution in [3.8, 4) is 0 Å². The highest BCUT2D eigenvalue weighted by Gasteiger charge is 2.73. The van der Waals surface area contributed by atoms with E-state index in [0.717, 1.165) is 42.5 Å². The van der Waals surface area contributed by atoms with E-state index < -0.39 is 85.2 Å². The number of likely N-dealkylation sites (tertiary alicyclic amines) is 2. The van der Waals surface area contributed by atoms with Crippen LogP contribution in [0.4, 0.5) is 44.3 Å². The van der Waals surface area contributed by atoms with Gasteiger partial charge in [-0.25, -0.2) is 32.2 Å². The van der Waals surface area contributed by atoms with Gasteiger partial charge in [0.2, 0.25) is 0 Å². The van der Waals surface area contributed by atoms with E-state index in [9.17, 15) is 52.7 Å². The number of piperidine rings is 1. The Morgan fingerprint density at radius 2 is 1.43 bits per heavy atom. The Labute approximate surface area is 297 Å². The zero-order valence-corrected chi connectivity index (χ0v) is 28.3. The van der Waals surface area contributed by atoms with Gasteiger partial charge < -0.3 is 25.8 Å². The third kappa shape index (κ3) is 7.10. The molecule has 0 bridgehead atoms. The normalized spacial score (nSPS) is 19.5. The molecule has 20 heteroatoms. The van der Waals surface area contributed by atoms with Crippen molar-refractivity contribution >= 4 is 21.7 Å². The third-order valence-electron chi connectivity index (χ3n) is 9.69. The number of hydrogen-bond donors (Lipinski definition) is 3. The van der Waals surface area contributed by atoms with Gasteiger partial charge in [0.05, 0.1) is 11.5 Å². The van der Waals surface area contributed by atoms with Crippen LogP contribution in [-0.2, 0) is 31.5 Å². The maximum absolute atomic E-state index is 14.6. The molecule has 0 radical (unpaired) electrons. The summed E-state index contributed by atoms with van der Waals surface area (Å²) < 4.78 is 161. The van der Waals surface area contributed by atoms with Crippen molar-refractivity contribution in [2.75, 3.05) is 26.2 Å². The number of urea groups is 1. The molecule has 0 spiro atoms. The molecule has 0 saturated carbocycles. The Balaban J connectivity index is 1.54. The van der Waals surface area contributed by atoms with Gasteiger partial charge in [-0.1, -0.05) is 30.3 Å². The molecule has 2 heterocycles. The number of nitrogens with zero attached hydrogens (tertiary/aromatic N) is 3. The first-order valence-corrected chi connectivity index (χ1v) is 17.4. The number of sulfone groups is 1. The molecule has 5 rings (SSSR count). The zero-order chi connectivity index (χ0) is 39.0. The van der Waals surface area contributed by atoms with E-state index in [1.54, 1.807) is 0 Å². The first-order valence-electron chi connectivity index (χ1n) is 15.9. The molecule has 1 atom stereocenters. The Hall–Kier alpha value is -4.56. The number of amidine groups is 1. The van der Waals surface area contributed by atoms with Crippen LogP contribution < -0.4 is 17.1 Å². The summed E-state index contributed by atoms with van der Waals surface area (Å²) in [5.41, 5.74) is -5.75. The lowest BCUT2D eigenvalue weighted by atomic mass is 9.88. The fourth-order valence-electron chi connectivity index (χ4n) is 6.79. The lowest BCUT2D eigenvalue weighted by Crippen LogP contribution is -2.56. The average molecular weight is 781 g/mol. The maximum Gasteiger partial charge on any atom is 0.430 e. The Morgan fingerprint density at radius 3 is 1.94 bits per heavy atom. The summed E-state index contributed by atoms with van der Waals surface area (Å²) in [7, 11) is -4.64. The summed E-state index contributed by atoms with van der Waals surface area (Å²) in [6.45, 7) is -2.15. The molecular weight excluding hydrogens is 747 g/mol. The number of alkyl halides is 6. The van der Waals surface area contributed by atoms with E-state index in [4.69, 9.17) is 11.7 Å². The number of halogens is 9. The molecule has 3 aromatic carbocycles. The van der Waals surface area contributed by atoms with E-state index >= 15 is 0 Å². The maximum atomic E-state index is 14.6. The van der Waals surface area contributed by atoms with Crippen LogP contribution in [0.3, 0.4) is 0 Å². The molecule has 2 fully saturated rings. The fraction of sp³-hybridized carbons (Fsp3) is 0.394. The standard InChI is InChI=1S/C33H33F9N6O4S/c34-23-8-10-24(11-9-23)53(50,51)30(14-17-48(19-30)29(49)47-15-12-20(13-16-47)28(45-43)46-44)21-4-6-22(7-5-21)31(32(37,38)39,33(40,41)42)52-18-25-26(35)2-1-3-27(25)36/h1-11,20H,12-19,43-44H2,(H,45,46)/t30-/m0/s1. The highest BCUT2D eigenvalue weighted by Crippen LogP contribution is 2.54. The van der Waals surface area contributed by atoms with Gasteiger partial charge in [0, 0.05) is 43.2 Å². The van der Waals surface area contributed by atoms with E-state index in [-0.39, 0.29) is 37.5 Å². The van der Waals surface area contributed by atoms with Crippen molar-refractivity contribution in [1.29, 1.82) is 0 Å². The van der Waals surface area contributed by atoms with Crippen LogP contribution in [0.2, 0.25) is 0 Å². The van der Waals surface area contributed by atoms with Crippen molar-refractivity contribution in [1.82, 2.24) is 15.2 Å². The molecule has 2 aliphatic heterocycles. The highest BCUT2D eigenvalue weighted by molar-refractivity contribution is 7.92. The molecule has 2 saturated heterocycles. The number of ether oxygens (including phenoxy) is 1. The minimum absolute atomic E-state index is 0.187.